The van der Waals surface area contributed by atoms with Crippen LogP contribution in [0, 0.1) is 0 Å². The molecular weight excluding hydrogens is 384 g/mol. The quantitative estimate of drug-likeness (QED) is 0.564. The smallest absolute Gasteiger partial charge is 0.358 e. The molecule has 0 spiro atoms. The van der Waals surface area contributed by atoms with Crippen molar-refractivity contribution in [1.29, 1.82) is 0 Å². The van der Waals surface area contributed by atoms with Gasteiger partial charge in [-0.15, -0.1) is 22.7 Å². The van der Waals surface area contributed by atoms with Gasteiger partial charge >= 0.3 is 5.97 Å². The summed E-state index contributed by atoms with van der Waals surface area (Å²) in [4.78, 5) is 31.2. The standard InChI is InChI=1S/C19H18N2O4S2/c1-21(10-15-4-3-9-26-15)17(22)11-25-19(23)16-12-27-18(20-16)13-5-7-14(24-2)8-6-13/h3-9,12H,10-11H2,1-2H3. The number of likely N-dealkylation sites (N-methyl/N-ethyl adjacent to an activating group) is 1. The topological polar surface area (TPSA) is 68.7 Å². The van der Waals surface area contributed by atoms with Crippen LogP contribution in [0.1, 0.15) is 15.4 Å². The summed E-state index contributed by atoms with van der Waals surface area (Å²) in [6, 6.07) is 11.3. The number of amides is 1. The number of ether oxygens (including phenoxy) is 2. The summed E-state index contributed by atoms with van der Waals surface area (Å²) in [6.07, 6.45) is 0. The van der Waals surface area contributed by atoms with Crippen LogP contribution in [0.4, 0.5) is 0 Å². The molecule has 0 unspecified atom stereocenters. The SMILES string of the molecule is COc1ccc(-c2nc(C(=O)OCC(=O)N(C)Cc3cccs3)cs2)cc1. The molecule has 0 saturated carbocycles. The molecule has 0 saturated heterocycles. The van der Waals surface area contributed by atoms with Crippen LogP contribution in [0.15, 0.2) is 47.2 Å². The predicted molar refractivity (Wildman–Crippen MR) is 105 cm³/mol. The zero-order chi connectivity index (χ0) is 19.2. The minimum absolute atomic E-state index is 0.194. The first kappa shape index (κ1) is 19.1. The van der Waals surface area contributed by atoms with E-state index in [9.17, 15) is 9.59 Å². The van der Waals surface area contributed by atoms with Crippen molar-refractivity contribution < 1.29 is 19.1 Å². The van der Waals surface area contributed by atoms with E-state index < -0.39 is 5.97 Å². The van der Waals surface area contributed by atoms with Gasteiger partial charge < -0.3 is 14.4 Å². The molecule has 1 amide bonds. The number of hydrogen-bond donors (Lipinski definition) is 0. The van der Waals surface area contributed by atoms with Gasteiger partial charge in [-0.1, -0.05) is 6.07 Å². The average molecular weight is 402 g/mol. The molecule has 6 nitrogen and oxygen atoms in total. The van der Waals surface area contributed by atoms with E-state index in [0.717, 1.165) is 16.2 Å². The van der Waals surface area contributed by atoms with Gasteiger partial charge in [-0.05, 0) is 35.7 Å². The van der Waals surface area contributed by atoms with E-state index in [1.165, 1.54) is 16.2 Å². The molecular formula is C19H18N2O4S2. The van der Waals surface area contributed by atoms with E-state index in [0.29, 0.717) is 11.6 Å². The van der Waals surface area contributed by atoms with Crippen LogP contribution in [0.3, 0.4) is 0 Å². The van der Waals surface area contributed by atoms with Crippen LogP contribution < -0.4 is 4.74 Å². The number of carbonyl (C=O) groups excluding carboxylic acids is 2. The molecule has 3 rings (SSSR count). The van der Waals surface area contributed by atoms with E-state index in [2.05, 4.69) is 4.98 Å². The number of hydrogen-bond acceptors (Lipinski definition) is 7. The lowest BCUT2D eigenvalue weighted by Gasteiger charge is -2.15. The first-order valence-electron chi connectivity index (χ1n) is 8.10. The van der Waals surface area contributed by atoms with E-state index in [-0.39, 0.29) is 18.2 Å². The van der Waals surface area contributed by atoms with Gasteiger partial charge in [-0.25, -0.2) is 9.78 Å². The number of thiophene rings is 1. The Hall–Kier alpha value is -2.71. The van der Waals surface area contributed by atoms with Gasteiger partial charge in [0.25, 0.3) is 5.91 Å². The lowest BCUT2D eigenvalue weighted by Crippen LogP contribution is -2.30. The fraction of sp³-hybridized carbons (Fsp3) is 0.211. The molecule has 0 N–H and O–H groups in total. The largest absolute Gasteiger partial charge is 0.497 e. The maximum atomic E-state index is 12.2. The molecule has 27 heavy (non-hydrogen) atoms. The molecule has 2 heterocycles. The summed E-state index contributed by atoms with van der Waals surface area (Å²) in [5, 5.41) is 4.28. The highest BCUT2D eigenvalue weighted by Crippen LogP contribution is 2.26. The van der Waals surface area contributed by atoms with E-state index in [1.807, 2.05) is 41.8 Å². The van der Waals surface area contributed by atoms with Crippen LogP contribution >= 0.6 is 22.7 Å². The van der Waals surface area contributed by atoms with E-state index in [1.54, 1.807) is 30.9 Å². The number of nitrogens with zero attached hydrogens (tertiary/aromatic N) is 2. The zero-order valence-corrected chi connectivity index (χ0v) is 16.5. The molecule has 0 atom stereocenters. The van der Waals surface area contributed by atoms with Crippen LogP contribution in [0.2, 0.25) is 0 Å². The van der Waals surface area contributed by atoms with Gasteiger partial charge in [-0.2, -0.15) is 0 Å². The van der Waals surface area contributed by atoms with Crippen LogP contribution in [-0.4, -0.2) is 42.5 Å². The summed E-state index contributed by atoms with van der Waals surface area (Å²) >= 11 is 2.92. The fourth-order valence-corrected chi connectivity index (χ4v) is 3.82. The maximum Gasteiger partial charge on any atom is 0.358 e. The van der Waals surface area contributed by atoms with Crippen molar-refractivity contribution >= 4 is 34.6 Å². The van der Waals surface area contributed by atoms with E-state index >= 15 is 0 Å². The molecule has 0 bridgehead atoms. The third-order valence-corrected chi connectivity index (χ3v) is 5.53. The number of thiazole rings is 1. The number of benzene rings is 1. The highest BCUT2D eigenvalue weighted by atomic mass is 32.1. The number of methoxy groups -OCH3 is 1. The Balaban J connectivity index is 1.55. The Kier molecular flexibility index (Phi) is 6.20. The highest BCUT2D eigenvalue weighted by Gasteiger charge is 2.17. The van der Waals surface area contributed by atoms with Gasteiger partial charge in [0.1, 0.15) is 10.8 Å². The molecule has 0 radical (unpaired) electrons. The third-order valence-electron chi connectivity index (χ3n) is 3.78. The molecule has 140 valence electrons. The number of aromatic nitrogens is 1. The lowest BCUT2D eigenvalue weighted by atomic mass is 10.2. The molecule has 0 fully saturated rings. The normalized spacial score (nSPS) is 10.4. The molecule has 1 aromatic carbocycles. The van der Waals surface area contributed by atoms with Crippen molar-refractivity contribution in [3.63, 3.8) is 0 Å². The van der Waals surface area contributed by atoms with Crippen molar-refractivity contribution in [3.8, 4) is 16.3 Å². The van der Waals surface area contributed by atoms with Crippen LogP contribution in [0.5, 0.6) is 5.75 Å². The van der Waals surface area contributed by atoms with Gasteiger partial charge in [0.2, 0.25) is 0 Å². The minimum Gasteiger partial charge on any atom is -0.497 e. The van der Waals surface area contributed by atoms with Gasteiger partial charge in [0, 0.05) is 22.9 Å². The van der Waals surface area contributed by atoms with Crippen LogP contribution in [0.25, 0.3) is 10.6 Å². The second-order valence-electron chi connectivity index (χ2n) is 5.67. The third kappa shape index (κ3) is 4.93. The minimum atomic E-state index is -0.608. The average Bonchev–Trinajstić information content (AvgIpc) is 3.38. The Morgan fingerprint density at radius 3 is 2.59 bits per heavy atom. The van der Waals surface area contributed by atoms with Crippen molar-refractivity contribution in [2.24, 2.45) is 0 Å². The monoisotopic (exact) mass is 402 g/mol. The molecule has 8 heteroatoms. The second kappa shape index (κ2) is 8.79. The summed E-state index contributed by atoms with van der Waals surface area (Å²) in [7, 11) is 3.28. The maximum absolute atomic E-state index is 12.2. The van der Waals surface area contributed by atoms with Gasteiger partial charge in [0.05, 0.1) is 13.7 Å². The van der Waals surface area contributed by atoms with Crippen molar-refractivity contribution in [1.82, 2.24) is 9.88 Å². The Morgan fingerprint density at radius 2 is 1.93 bits per heavy atom. The van der Waals surface area contributed by atoms with E-state index in [4.69, 9.17) is 9.47 Å². The highest BCUT2D eigenvalue weighted by molar-refractivity contribution is 7.13. The number of esters is 1. The Labute approximate surface area is 165 Å². The Bertz CT molecular complexity index is 904. The predicted octanol–water partition coefficient (Wildman–Crippen LogP) is 3.70. The molecule has 2 aromatic heterocycles. The molecule has 0 aliphatic heterocycles. The number of rotatable bonds is 7. The van der Waals surface area contributed by atoms with Crippen molar-refractivity contribution in [3.05, 3.63) is 57.7 Å². The fourth-order valence-electron chi connectivity index (χ4n) is 2.27. The molecule has 0 aliphatic rings. The van der Waals surface area contributed by atoms with Crippen molar-refractivity contribution in [2.45, 2.75) is 6.54 Å². The second-order valence-corrected chi connectivity index (χ2v) is 7.56. The van der Waals surface area contributed by atoms with Crippen molar-refractivity contribution in [2.75, 3.05) is 20.8 Å². The summed E-state index contributed by atoms with van der Waals surface area (Å²) in [6.45, 7) is 0.183. The van der Waals surface area contributed by atoms with Crippen LogP contribution in [-0.2, 0) is 16.1 Å². The summed E-state index contributed by atoms with van der Waals surface area (Å²) in [5.41, 5.74) is 1.08. The van der Waals surface area contributed by atoms with Gasteiger partial charge in [-0.3, -0.25) is 4.79 Å². The van der Waals surface area contributed by atoms with Gasteiger partial charge in [0.15, 0.2) is 12.3 Å². The summed E-state index contributed by atoms with van der Waals surface area (Å²) < 4.78 is 10.2. The molecule has 3 aromatic rings. The molecule has 0 aliphatic carbocycles. The first-order chi connectivity index (χ1) is 13.1. The first-order valence-corrected chi connectivity index (χ1v) is 9.86. The Morgan fingerprint density at radius 1 is 1.15 bits per heavy atom. The lowest BCUT2D eigenvalue weighted by molar-refractivity contribution is -0.133. The zero-order valence-electron chi connectivity index (χ0n) is 14.9. The number of carbonyl (C=O) groups is 2. The summed E-state index contributed by atoms with van der Waals surface area (Å²) in [5.74, 6) is -0.119.